The van der Waals surface area contributed by atoms with Crippen LogP contribution in [0.2, 0.25) is 0 Å². The van der Waals surface area contributed by atoms with E-state index in [-0.39, 0.29) is 5.69 Å². The standard InChI is InChI=1S/C20H20N4O5/c1-13-2-6-15(7-3-13)20-12-17(14-4-8-16(9-5-14)23(26)27)18(24(28)29)19(25)22(20)11-10-21-20/h2-9,17-18,21H,10-12H2,1H3. The first-order valence-corrected chi connectivity index (χ1v) is 9.35. The Hall–Kier alpha value is -3.33. The van der Waals surface area contributed by atoms with Crippen LogP contribution in [0.3, 0.4) is 0 Å². The van der Waals surface area contributed by atoms with Crippen molar-refractivity contribution < 1.29 is 14.6 Å². The maximum absolute atomic E-state index is 13.2. The van der Waals surface area contributed by atoms with Gasteiger partial charge in [0.15, 0.2) is 0 Å². The van der Waals surface area contributed by atoms with Crippen molar-refractivity contribution in [3.8, 4) is 0 Å². The van der Waals surface area contributed by atoms with Crippen molar-refractivity contribution in [2.24, 2.45) is 0 Å². The Morgan fingerprint density at radius 1 is 1.07 bits per heavy atom. The van der Waals surface area contributed by atoms with Gasteiger partial charge in [0.2, 0.25) is 0 Å². The molecule has 9 heteroatoms. The minimum Gasteiger partial charge on any atom is -0.313 e. The maximum atomic E-state index is 13.2. The molecule has 2 aromatic carbocycles. The van der Waals surface area contributed by atoms with Crippen molar-refractivity contribution in [1.82, 2.24) is 10.2 Å². The molecule has 2 aromatic rings. The van der Waals surface area contributed by atoms with E-state index in [1.807, 2.05) is 31.2 Å². The van der Waals surface area contributed by atoms with E-state index in [0.29, 0.717) is 25.1 Å². The molecule has 3 atom stereocenters. The number of nitrogens with one attached hydrogen (secondary N) is 1. The molecule has 0 radical (unpaired) electrons. The summed E-state index contributed by atoms with van der Waals surface area (Å²) < 4.78 is 0. The van der Waals surface area contributed by atoms with E-state index >= 15 is 0 Å². The van der Waals surface area contributed by atoms with E-state index in [1.54, 1.807) is 4.90 Å². The molecule has 2 fully saturated rings. The summed E-state index contributed by atoms with van der Waals surface area (Å²) in [5, 5.41) is 26.2. The lowest BCUT2D eigenvalue weighted by molar-refractivity contribution is -0.516. The van der Waals surface area contributed by atoms with Crippen LogP contribution in [0, 0.1) is 27.2 Å². The summed E-state index contributed by atoms with van der Waals surface area (Å²) in [6.07, 6.45) is 0.311. The normalized spacial score (nSPS) is 26.2. The zero-order valence-electron chi connectivity index (χ0n) is 15.8. The van der Waals surface area contributed by atoms with Gasteiger partial charge in [-0.2, -0.15) is 0 Å². The molecular weight excluding hydrogens is 376 g/mol. The monoisotopic (exact) mass is 396 g/mol. The molecule has 4 rings (SSSR count). The number of hydrogen-bond acceptors (Lipinski definition) is 6. The van der Waals surface area contributed by atoms with Gasteiger partial charge < -0.3 is 4.90 Å². The smallest absolute Gasteiger partial charge is 0.299 e. The number of nitro groups is 2. The molecule has 150 valence electrons. The molecule has 2 aliphatic rings. The molecule has 0 aromatic heterocycles. The molecule has 0 bridgehead atoms. The van der Waals surface area contributed by atoms with Crippen molar-refractivity contribution >= 4 is 11.6 Å². The van der Waals surface area contributed by atoms with Gasteiger partial charge in [-0.25, -0.2) is 0 Å². The average molecular weight is 396 g/mol. The van der Waals surface area contributed by atoms with E-state index in [2.05, 4.69) is 5.32 Å². The fourth-order valence-electron chi connectivity index (χ4n) is 4.49. The van der Waals surface area contributed by atoms with E-state index in [1.165, 1.54) is 24.3 Å². The largest absolute Gasteiger partial charge is 0.313 e. The van der Waals surface area contributed by atoms with Crippen LogP contribution in [-0.2, 0) is 10.5 Å². The fourth-order valence-corrected chi connectivity index (χ4v) is 4.49. The van der Waals surface area contributed by atoms with E-state index in [0.717, 1.165) is 11.1 Å². The highest BCUT2D eigenvalue weighted by Crippen LogP contribution is 2.45. The van der Waals surface area contributed by atoms with Gasteiger partial charge in [0, 0.05) is 36.6 Å². The van der Waals surface area contributed by atoms with Crippen LogP contribution in [0.15, 0.2) is 48.5 Å². The summed E-state index contributed by atoms with van der Waals surface area (Å²) in [5.74, 6) is -1.24. The third-order valence-electron chi connectivity index (χ3n) is 5.92. The lowest BCUT2D eigenvalue weighted by atomic mass is 9.76. The molecule has 2 aliphatic heterocycles. The van der Waals surface area contributed by atoms with Crippen molar-refractivity contribution in [3.05, 3.63) is 85.4 Å². The first-order valence-electron chi connectivity index (χ1n) is 9.35. The Labute approximate surface area is 166 Å². The highest BCUT2D eigenvalue weighted by Gasteiger charge is 2.58. The zero-order valence-corrected chi connectivity index (χ0v) is 15.8. The number of carbonyl (C=O) groups excluding carboxylic acids is 1. The maximum Gasteiger partial charge on any atom is 0.299 e. The number of nitrogens with zero attached hydrogens (tertiary/aromatic N) is 3. The van der Waals surface area contributed by atoms with Crippen LogP contribution in [0.5, 0.6) is 0 Å². The summed E-state index contributed by atoms with van der Waals surface area (Å²) in [4.78, 5) is 36.5. The topological polar surface area (TPSA) is 119 Å². The van der Waals surface area contributed by atoms with Crippen LogP contribution < -0.4 is 5.32 Å². The summed E-state index contributed by atoms with van der Waals surface area (Å²) in [5.41, 5.74) is 1.58. The number of aryl methyl sites for hydroxylation is 1. The number of fused-ring (bicyclic) bond motifs is 1. The predicted molar refractivity (Wildman–Crippen MR) is 104 cm³/mol. The molecule has 1 amide bonds. The van der Waals surface area contributed by atoms with Crippen molar-refractivity contribution in [3.63, 3.8) is 0 Å². The molecule has 0 saturated carbocycles. The van der Waals surface area contributed by atoms with Crippen molar-refractivity contribution in [2.75, 3.05) is 13.1 Å². The first kappa shape index (κ1) is 19.0. The highest BCUT2D eigenvalue weighted by molar-refractivity contribution is 5.84. The lowest BCUT2D eigenvalue weighted by Gasteiger charge is -2.46. The Balaban J connectivity index is 1.80. The van der Waals surface area contributed by atoms with Crippen LogP contribution in [0.25, 0.3) is 0 Å². The summed E-state index contributed by atoms with van der Waals surface area (Å²) in [6.45, 7) is 2.90. The summed E-state index contributed by atoms with van der Waals surface area (Å²) >= 11 is 0. The number of carbonyl (C=O) groups is 1. The Morgan fingerprint density at radius 3 is 2.31 bits per heavy atom. The number of rotatable bonds is 4. The molecule has 2 heterocycles. The zero-order chi connectivity index (χ0) is 20.8. The molecule has 3 unspecified atom stereocenters. The predicted octanol–water partition coefficient (Wildman–Crippen LogP) is 2.32. The second-order valence-corrected chi connectivity index (χ2v) is 7.53. The molecule has 2 saturated heterocycles. The van der Waals surface area contributed by atoms with Crippen LogP contribution in [-0.4, -0.2) is 39.8 Å². The number of piperidine rings is 1. The molecule has 0 spiro atoms. The number of nitro benzene ring substituents is 1. The van der Waals surface area contributed by atoms with E-state index in [4.69, 9.17) is 0 Å². The van der Waals surface area contributed by atoms with Gasteiger partial charge >= 0.3 is 0 Å². The third kappa shape index (κ3) is 3.03. The van der Waals surface area contributed by atoms with Gasteiger partial charge in [-0.15, -0.1) is 0 Å². The fraction of sp³-hybridized carbons (Fsp3) is 0.350. The van der Waals surface area contributed by atoms with Crippen molar-refractivity contribution in [1.29, 1.82) is 0 Å². The quantitative estimate of drug-likeness (QED) is 0.626. The van der Waals surface area contributed by atoms with E-state index < -0.39 is 33.4 Å². The molecule has 1 N–H and O–H groups in total. The van der Waals surface area contributed by atoms with Gasteiger partial charge in [0.1, 0.15) is 5.66 Å². The average Bonchev–Trinajstić information content (AvgIpc) is 3.13. The van der Waals surface area contributed by atoms with E-state index in [9.17, 15) is 25.0 Å². The first-order chi connectivity index (χ1) is 13.8. The minimum atomic E-state index is -1.42. The second kappa shape index (κ2) is 6.93. The molecule has 9 nitrogen and oxygen atoms in total. The van der Waals surface area contributed by atoms with Gasteiger partial charge in [0.05, 0.1) is 10.8 Å². The number of hydrogen-bond donors (Lipinski definition) is 1. The van der Waals surface area contributed by atoms with Crippen LogP contribution >= 0.6 is 0 Å². The number of amides is 1. The summed E-state index contributed by atoms with van der Waals surface area (Å²) in [6, 6.07) is 12.0. The number of non-ortho nitro benzene ring substituents is 1. The molecule has 29 heavy (non-hydrogen) atoms. The minimum absolute atomic E-state index is 0.0950. The molecule has 0 aliphatic carbocycles. The Kier molecular flexibility index (Phi) is 4.54. The van der Waals surface area contributed by atoms with Gasteiger partial charge in [-0.3, -0.25) is 30.3 Å². The van der Waals surface area contributed by atoms with Crippen molar-refractivity contribution in [2.45, 2.75) is 31.0 Å². The van der Waals surface area contributed by atoms with Crippen LogP contribution in [0.1, 0.15) is 29.0 Å². The number of benzene rings is 2. The van der Waals surface area contributed by atoms with Gasteiger partial charge in [-0.1, -0.05) is 42.0 Å². The van der Waals surface area contributed by atoms with Gasteiger partial charge in [0.25, 0.3) is 17.6 Å². The van der Waals surface area contributed by atoms with Crippen LogP contribution in [0.4, 0.5) is 5.69 Å². The lowest BCUT2D eigenvalue weighted by Crippen LogP contribution is -2.62. The van der Waals surface area contributed by atoms with Gasteiger partial charge in [-0.05, 0) is 18.1 Å². The summed E-state index contributed by atoms with van der Waals surface area (Å²) in [7, 11) is 0. The Morgan fingerprint density at radius 2 is 1.72 bits per heavy atom. The Bertz CT molecular complexity index is 975. The second-order valence-electron chi connectivity index (χ2n) is 7.53. The molecular formula is C20H20N4O5. The third-order valence-corrected chi connectivity index (χ3v) is 5.92. The SMILES string of the molecule is Cc1ccc(C23CC(c4ccc([N+](=O)[O-])cc4)C([N+](=O)[O-])C(=O)N2CCN3)cc1. The highest BCUT2D eigenvalue weighted by atomic mass is 16.6.